The Morgan fingerprint density at radius 3 is 2.55 bits per heavy atom. The van der Waals surface area contributed by atoms with Crippen molar-refractivity contribution in [3.63, 3.8) is 0 Å². The molecule has 4 aromatic rings. The molecule has 1 aromatic heterocycles. The van der Waals surface area contributed by atoms with Crippen molar-refractivity contribution in [3.8, 4) is 22.6 Å². The molecule has 0 radical (unpaired) electrons. The highest BCUT2D eigenvalue weighted by Gasteiger charge is 2.21. The number of nitro groups is 1. The van der Waals surface area contributed by atoms with Crippen molar-refractivity contribution < 1.29 is 14.4 Å². The molecule has 1 aliphatic rings. The number of anilines is 1. The van der Waals surface area contributed by atoms with Crippen molar-refractivity contribution in [1.82, 2.24) is 4.98 Å². The molecule has 33 heavy (non-hydrogen) atoms. The van der Waals surface area contributed by atoms with Gasteiger partial charge in [0.2, 0.25) is 0 Å². The molecule has 0 aliphatic carbocycles. The Hall–Kier alpha value is -3.98. The molecule has 0 atom stereocenters. The Morgan fingerprint density at radius 2 is 1.79 bits per heavy atom. The van der Waals surface area contributed by atoms with Gasteiger partial charge < -0.3 is 9.47 Å². The van der Waals surface area contributed by atoms with Gasteiger partial charge in [-0.05, 0) is 35.9 Å². The van der Waals surface area contributed by atoms with Gasteiger partial charge >= 0.3 is 0 Å². The average molecular weight is 505 g/mol. The summed E-state index contributed by atoms with van der Waals surface area (Å²) in [5.74, 6) is 1.34. The minimum atomic E-state index is -0.471. The average Bonchev–Trinajstić information content (AvgIpc) is 2.83. The Kier molecular flexibility index (Phi) is 5.62. The second-order valence-corrected chi connectivity index (χ2v) is 8.19. The minimum Gasteiger partial charge on any atom is -0.486 e. The molecule has 2 heterocycles. The number of nitro benzene ring substituents is 1. The smallest absolute Gasteiger partial charge is 0.282 e. The third-order valence-corrected chi connectivity index (χ3v) is 5.62. The molecule has 0 saturated carbocycles. The Bertz CT molecular complexity index is 1390. The number of nitrogens with zero attached hydrogens (tertiary/aromatic N) is 3. The van der Waals surface area contributed by atoms with Crippen LogP contribution in [-0.4, -0.2) is 29.3 Å². The number of hydrogen-bond donors (Lipinski definition) is 1. The third-order valence-electron chi connectivity index (χ3n) is 5.12. The molecule has 5 rings (SSSR count). The maximum absolute atomic E-state index is 11.6. The molecular formula is C24H17BrN4O4. The first-order chi connectivity index (χ1) is 16.1. The van der Waals surface area contributed by atoms with Crippen molar-refractivity contribution in [2.24, 2.45) is 5.10 Å². The van der Waals surface area contributed by atoms with E-state index in [2.05, 4.69) is 26.5 Å². The quantitative estimate of drug-likeness (QED) is 0.210. The summed E-state index contributed by atoms with van der Waals surface area (Å²) < 4.78 is 12.0. The summed E-state index contributed by atoms with van der Waals surface area (Å²) in [6.45, 7) is 0.739. The second-order valence-electron chi connectivity index (χ2n) is 7.27. The van der Waals surface area contributed by atoms with Crippen molar-refractivity contribution in [3.05, 3.63) is 86.9 Å². The number of hydrogen-bond acceptors (Lipinski definition) is 7. The minimum absolute atomic E-state index is 0.121. The lowest BCUT2D eigenvalue weighted by atomic mass is 10.0. The van der Waals surface area contributed by atoms with Crippen LogP contribution in [0.15, 0.2) is 76.3 Å². The summed E-state index contributed by atoms with van der Waals surface area (Å²) >= 11 is 3.50. The molecule has 1 N–H and O–H groups in total. The number of halogens is 1. The van der Waals surface area contributed by atoms with E-state index < -0.39 is 4.92 Å². The van der Waals surface area contributed by atoms with Crippen molar-refractivity contribution >= 4 is 44.6 Å². The van der Waals surface area contributed by atoms with Gasteiger partial charge in [0.1, 0.15) is 13.2 Å². The van der Waals surface area contributed by atoms with E-state index in [0.717, 1.165) is 26.5 Å². The second kappa shape index (κ2) is 8.87. The molecule has 3 aromatic carbocycles. The van der Waals surface area contributed by atoms with Gasteiger partial charge in [-0.25, -0.2) is 4.98 Å². The number of hydrazone groups is 1. The molecular weight excluding hydrogens is 488 g/mol. The van der Waals surface area contributed by atoms with Crippen LogP contribution in [-0.2, 0) is 0 Å². The summed E-state index contributed by atoms with van der Waals surface area (Å²) in [5, 5.41) is 16.8. The number of fused-ring (bicyclic) bond motifs is 2. The highest BCUT2D eigenvalue weighted by Crippen LogP contribution is 2.36. The van der Waals surface area contributed by atoms with Crippen molar-refractivity contribution in [2.45, 2.75) is 0 Å². The standard InChI is InChI=1S/C24H17BrN4O4/c25-18-6-7-20-16(10-18)11-19(15-4-2-1-3-5-15)24(27-20)28-26-14-17-12-22-23(33-9-8-32-22)13-21(17)29(30)31/h1-7,10-14H,8-9H2,(H,27,28)/b26-14+. The maximum Gasteiger partial charge on any atom is 0.282 e. The van der Waals surface area contributed by atoms with Gasteiger partial charge in [-0.15, -0.1) is 0 Å². The highest BCUT2D eigenvalue weighted by atomic mass is 79.9. The number of nitrogens with one attached hydrogen (secondary N) is 1. The molecule has 9 heteroatoms. The van der Waals surface area contributed by atoms with Gasteiger partial charge in [-0.2, -0.15) is 5.10 Å². The fourth-order valence-electron chi connectivity index (χ4n) is 3.59. The van der Waals surface area contributed by atoms with Crippen molar-refractivity contribution in [1.29, 1.82) is 0 Å². The van der Waals surface area contributed by atoms with Gasteiger partial charge in [0.15, 0.2) is 17.3 Å². The van der Waals surface area contributed by atoms with Crippen LogP contribution in [0.4, 0.5) is 11.5 Å². The zero-order chi connectivity index (χ0) is 22.8. The molecule has 0 bridgehead atoms. The Balaban J connectivity index is 1.53. The first-order valence-electron chi connectivity index (χ1n) is 10.1. The van der Waals surface area contributed by atoms with Gasteiger partial charge in [0.25, 0.3) is 5.69 Å². The zero-order valence-corrected chi connectivity index (χ0v) is 18.8. The number of benzene rings is 3. The van der Waals surface area contributed by atoms with E-state index in [0.29, 0.717) is 36.1 Å². The SMILES string of the molecule is O=[N+]([O-])c1cc2c(cc1/C=N/Nc1nc3ccc(Br)cc3cc1-c1ccccc1)OCCO2. The van der Waals surface area contributed by atoms with Crippen LogP contribution in [0.2, 0.25) is 0 Å². The van der Waals surface area contributed by atoms with Gasteiger partial charge in [0.05, 0.1) is 28.3 Å². The van der Waals surface area contributed by atoms with Crippen molar-refractivity contribution in [2.75, 3.05) is 18.6 Å². The number of pyridine rings is 1. The van der Waals surface area contributed by atoms with E-state index in [4.69, 9.17) is 14.5 Å². The molecule has 0 amide bonds. The van der Waals surface area contributed by atoms with Crippen LogP contribution in [0.25, 0.3) is 22.0 Å². The molecule has 164 valence electrons. The lowest BCUT2D eigenvalue weighted by molar-refractivity contribution is -0.385. The molecule has 1 aliphatic heterocycles. The lowest BCUT2D eigenvalue weighted by Crippen LogP contribution is -2.16. The largest absolute Gasteiger partial charge is 0.486 e. The number of aromatic nitrogens is 1. The van der Waals surface area contributed by atoms with Crippen LogP contribution in [0, 0.1) is 10.1 Å². The van der Waals surface area contributed by atoms with Crippen LogP contribution < -0.4 is 14.9 Å². The molecule has 8 nitrogen and oxygen atoms in total. The van der Waals surface area contributed by atoms with Gasteiger partial charge in [0, 0.05) is 15.4 Å². The van der Waals surface area contributed by atoms with E-state index in [1.807, 2.05) is 54.6 Å². The predicted octanol–water partition coefficient (Wildman–Crippen LogP) is 5.79. The van der Waals surface area contributed by atoms with Crippen LogP contribution >= 0.6 is 15.9 Å². The summed E-state index contributed by atoms with van der Waals surface area (Å²) in [6.07, 6.45) is 1.39. The monoisotopic (exact) mass is 504 g/mol. The highest BCUT2D eigenvalue weighted by molar-refractivity contribution is 9.10. The summed E-state index contributed by atoms with van der Waals surface area (Å²) in [7, 11) is 0. The Morgan fingerprint density at radius 1 is 1.03 bits per heavy atom. The number of rotatable bonds is 5. The molecule has 0 saturated heterocycles. The fraction of sp³-hybridized carbons (Fsp3) is 0.0833. The van der Waals surface area contributed by atoms with Crippen LogP contribution in [0.1, 0.15) is 5.56 Å². The molecule has 0 unspecified atom stereocenters. The van der Waals surface area contributed by atoms with E-state index in [-0.39, 0.29) is 5.69 Å². The predicted molar refractivity (Wildman–Crippen MR) is 130 cm³/mol. The molecule has 0 fully saturated rings. The lowest BCUT2D eigenvalue weighted by Gasteiger charge is -2.18. The van der Waals surface area contributed by atoms with E-state index in [1.165, 1.54) is 12.3 Å². The van der Waals surface area contributed by atoms with Crippen LogP contribution in [0.5, 0.6) is 11.5 Å². The topological polar surface area (TPSA) is 98.9 Å². The summed E-state index contributed by atoms with van der Waals surface area (Å²) in [6, 6.07) is 20.6. The van der Waals surface area contributed by atoms with E-state index >= 15 is 0 Å². The van der Waals surface area contributed by atoms with Gasteiger partial charge in [-0.3, -0.25) is 15.5 Å². The first kappa shape index (κ1) is 20.9. The zero-order valence-electron chi connectivity index (χ0n) is 17.2. The third kappa shape index (κ3) is 4.35. The summed E-state index contributed by atoms with van der Waals surface area (Å²) in [5.41, 5.74) is 5.75. The summed E-state index contributed by atoms with van der Waals surface area (Å²) in [4.78, 5) is 15.8. The molecule has 0 spiro atoms. The Labute approximate surface area is 197 Å². The van der Waals surface area contributed by atoms with E-state index in [1.54, 1.807) is 6.07 Å². The first-order valence-corrected chi connectivity index (χ1v) is 10.9. The van der Waals surface area contributed by atoms with Crippen LogP contribution in [0.3, 0.4) is 0 Å². The normalized spacial score (nSPS) is 12.8. The number of ether oxygens (including phenoxy) is 2. The van der Waals surface area contributed by atoms with E-state index in [9.17, 15) is 10.1 Å². The maximum atomic E-state index is 11.6. The fourth-order valence-corrected chi connectivity index (χ4v) is 3.97. The van der Waals surface area contributed by atoms with Gasteiger partial charge in [-0.1, -0.05) is 46.3 Å².